The van der Waals surface area contributed by atoms with Crippen LogP contribution in [-0.4, -0.2) is 32.1 Å². The van der Waals surface area contributed by atoms with Gasteiger partial charge in [0.1, 0.15) is 0 Å². The second kappa shape index (κ2) is 8.80. The third-order valence-electron chi connectivity index (χ3n) is 2.58. The van der Waals surface area contributed by atoms with Crippen LogP contribution >= 0.6 is 0 Å². The van der Waals surface area contributed by atoms with Gasteiger partial charge in [0, 0.05) is 20.1 Å². The van der Waals surface area contributed by atoms with E-state index < -0.39 is 6.04 Å². The molecule has 0 spiro atoms. The van der Waals surface area contributed by atoms with Crippen LogP contribution in [0.3, 0.4) is 0 Å². The summed E-state index contributed by atoms with van der Waals surface area (Å²) >= 11 is 0. The number of methoxy groups -OCH3 is 1. The first-order valence-corrected chi connectivity index (χ1v) is 6.13. The first-order valence-electron chi connectivity index (χ1n) is 6.13. The van der Waals surface area contributed by atoms with Crippen LogP contribution in [0.25, 0.3) is 0 Å². The molecule has 0 radical (unpaired) electrons. The van der Waals surface area contributed by atoms with E-state index in [1.165, 1.54) is 7.11 Å². The number of benzene rings is 1. The topological polar surface area (TPSA) is 61.5 Å². The molecule has 0 aromatic heterocycles. The van der Waals surface area contributed by atoms with E-state index >= 15 is 0 Å². The van der Waals surface area contributed by atoms with Gasteiger partial charge in [-0.05, 0) is 12.0 Å². The third kappa shape index (κ3) is 5.91. The van der Waals surface area contributed by atoms with E-state index in [0.717, 1.165) is 5.56 Å². The SMILES string of the molecule is COC[C@H](N)C(=O)CCCOCc1ccccc1. The fourth-order valence-corrected chi connectivity index (χ4v) is 1.57. The van der Waals surface area contributed by atoms with Crippen molar-refractivity contribution >= 4 is 5.78 Å². The van der Waals surface area contributed by atoms with Crippen molar-refractivity contribution in [2.45, 2.75) is 25.5 Å². The van der Waals surface area contributed by atoms with E-state index in [1.807, 2.05) is 30.3 Å². The highest BCUT2D eigenvalue weighted by atomic mass is 16.5. The van der Waals surface area contributed by atoms with E-state index in [0.29, 0.717) is 26.1 Å². The van der Waals surface area contributed by atoms with Crippen LogP contribution < -0.4 is 5.73 Å². The predicted molar refractivity (Wildman–Crippen MR) is 70.2 cm³/mol. The molecular formula is C14H21NO3. The van der Waals surface area contributed by atoms with Gasteiger partial charge in [-0.2, -0.15) is 0 Å². The van der Waals surface area contributed by atoms with Crippen LogP contribution in [-0.2, 0) is 20.9 Å². The zero-order valence-electron chi connectivity index (χ0n) is 10.8. The molecule has 0 aliphatic rings. The molecule has 0 heterocycles. The maximum absolute atomic E-state index is 11.5. The average Bonchev–Trinajstić information content (AvgIpc) is 2.39. The first-order chi connectivity index (χ1) is 8.74. The zero-order chi connectivity index (χ0) is 13.2. The lowest BCUT2D eigenvalue weighted by Crippen LogP contribution is -2.34. The summed E-state index contributed by atoms with van der Waals surface area (Å²) in [6.45, 7) is 1.43. The van der Waals surface area contributed by atoms with E-state index in [2.05, 4.69) is 0 Å². The van der Waals surface area contributed by atoms with E-state index in [-0.39, 0.29) is 12.4 Å². The fourth-order valence-electron chi connectivity index (χ4n) is 1.57. The van der Waals surface area contributed by atoms with Crippen molar-refractivity contribution in [3.8, 4) is 0 Å². The highest BCUT2D eigenvalue weighted by molar-refractivity contribution is 5.83. The van der Waals surface area contributed by atoms with Crippen molar-refractivity contribution in [2.24, 2.45) is 5.73 Å². The Morgan fingerprint density at radius 3 is 2.72 bits per heavy atom. The molecule has 4 nitrogen and oxygen atoms in total. The molecule has 0 bridgehead atoms. The van der Waals surface area contributed by atoms with Crippen molar-refractivity contribution in [3.05, 3.63) is 35.9 Å². The molecule has 1 aromatic rings. The molecule has 0 unspecified atom stereocenters. The molecule has 1 atom stereocenters. The van der Waals surface area contributed by atoms with Crippen molar-refractivity contribution < 1.29 is 14.3 Å². The van der Waals surface area contributed by atoms with E-state index in [1.54, 1.807) is 0 Å². The van der Waals surface area contributed by atoms with Crippen LogP contribution in [0.2, 0.25) is 0 Å². The van der Waals surface area contributed by atoms with Gasteiger partial charge < -0.3 is 15.2 Å². The molecule has 0 saturated heterocycles. The van der Waals surface area contributed by atoms with Crippen LogP contribution in [0.15, 0.2) is 30.3 Å². The summed E-state index contributed by atoms with van der Waals surface area (Å²) in [7, 11) is 1.54. The Morgan fingerprint density at radius 1 is 1.33 bits per heavy atom. The number of hydrogen-bond acceptors (Lipinski definition) is 4. The smallest absolute Gasteiger partial charge is 0.151 e. The predicted octanol–water partition coefficient (Wildman–Crippen LogP) is 1.53. The Kier molecular flexibility index (Phi) is 7.25. The number of carbonyl (C=O) groups excluding carboxylic acids is 1. The van der Waals surface area contributed by atoms with Gasteiger partial charge in [-0.15, -0.1) is 0 Å². The summed E-state index contributed by atoms with van der Waals surface area (Å²) in [5.41, 5.74) is 6.76. The minimum Gasteiger partial charge on any atom is -0.383 e. The molecule has 100 valence electrons. The number of hydrogen-bond donors (Lipinski definition) is 1. The van der Waals surface area contributed by atoms with Gasteiger partial charge in [0.25, 0.3) is 0 Å². The number of nitrogens with two attached hydrogens (primary N) is 1. The second-order valence-electron chi connectivity index (χ2n) is 4.17. The van der Waals surface area contributed by atoms with Crippen molar-refractivity contribution in [1.82, 2.24) is 0 Å². The van der Waals surface area contributed by atoms with Gasteiger partial charge in [0.15, 0.2) is 5.78 Å². The van der Waals surface area contributed by atoms with Crippen molar-refractivity contribution in [3.63, 3.8) is 0 Å². The first kappa shape index (κ1) is 14.8. The Balaban J connectivity index is 2.07. The minimum absolute atomic E-state index is 0.0279. The van der Waals surface area contributed by atoms with Gasteiger partial charge in [-0.25, -0.2) is 0 Å². The standard InChI is InChI=1S/C14H21NO3/c1-17-11-13(15)14(16)8-5-9-18-10-12-6-3-2-4-7-12/h2-4,6-7,13H,5,8-11,15H2,1H3/t13-/m0/s1. The van der Waals surface area contributed by atoms with E-state index in [4.69, 9.17) is 15.2 Å². The summed E-state index contributed by atoms with van der Waals surface area (Å²) in [4.78, 5) is 11.5. The number of carbonyl (C=O) groups is 1. The molecule has 18 heavy (non-hydrogen) atoms. The highest BCUT2D eigenvalue weighted by Gasteiger charge is 2.12. The van der Waals surface area contributed by atoms with Crippen molar-refractivity contribution in [2.75, 3.05) is 20.3 Å². The molecule has 0 fully saturated rings. The maximum Gasteiger partial charge on any atom is 0.151 e. The Hall–Kier alpha value is -1.23. The number of rotatable bonds is 9. The van der Waals surface area contributed by atoms with E-state index in [9.17, 15) is 4.79 Å². The average molecular weight is 251 g/mol. The molecule has 0 aliphatic heterocycles. The number of ether oxygens (including phenoxy) is 2. The highest BCUT2D eigenvalue weighted by Crippen LogP contribution is 2.02. The van der Waals surface area contributed by atoms with Gasteiger partial charge >= 0.3 is 0 Å². The Labute approximate surface area is 108 Å². The summed E-state index contributed by atoms with van der Waals surface area (Å²) in [5, 5.41) is 0. The second-order valence-corrected chi connectivity index (χ2v) is 4.17. The van der Waals surface area contributed by atoms with Gasteiger partial charge in [-0.3, -0.25) is 4.79 Å². The molecule has 0 saturated carbocycles. The molecular weight excluding hydrogens is 230 g/mol. The lowest BCUT2D eigenvalue weighted by molar-refractivity contribution is -0.121. The summed E-state index contributed by atoms with van der Waals surface area (Å²) in [6, 6.07) is 9.44. The van der Waals surface area contributed by atoms with Crippen LogP contribution in [0.5, 0.6) is 0 Å². The van der Waals surface area contributed by atoms with Crippen LogP contribution in [0.1, 0.15) is 18.4 Å². The molecule has 0 amide bonds. The quantitative estimate of drug-likeness (QED) is 0.676. The van der Waals surface area contributed by atoms with Gasteiger partial charge in [-0.1, -0.05) is 30.3 Å². The molecule has 2 N–H and O–H groups in total. The van der Waals surface area contributed by atoms with Gasteiger partial charge in [0.05, 0.1) is 19.3 Å². The lowest BCUT2D eigenvalue weighted by Gasteiger charge is -2.09. The number of Topliss-reactive ketones (excluding diaryl/α,β-unsaturated/α-hetero) is 1. The normalized spacial score (nSPS) is 12.3. The zero-order valence-corrected chi connectivity index (χ0v) is 10.8. The molecule has 1 rings (SSSR count). The largest absolute Gasteiger partial charge is 0.383 e. The number of ketones is 1. The Morgan fingerprint density at radius 2 is 2.06 bits per heavy atom. The maximum atomic E-state index is 11.5. The monoisotopic (exact) mass is 251 g/mol. The van der Waals surface area contributed by atoms with Crippen LogP contribution in [0.4, 0.5) is 0 Å². The molecule has 4 heteroatoms. The minimum atomic E-state index is -0.510. The summed E-state index contributed by atoms with van der Waals surface area (Å²) < 4.78 is 10.3. The fraction of sp³-hybridized carbons (Fsp3) is 0.500. The molecule has 1 aromatic carbocycles. The van der Waals surface area contributed by atoms with Crippen molar-refractivity contribution in [1.29, 1.82) is 0 Å². The third-order valence-corrected chi connectivity index (χ3v) is 2.58. The van der Waals surface area contributed by atoms with Gasteiger partial charge in [0.2, 0.25) is 0 Å². The molecule has 0 aliphatic carbocycles. The summed E-state index contributed by atoms with van der Waals surface area (Å²) in [6.07, 6.45) is 1.14. The Bertz CT molecular complexity index is 340. The van der Waals surface area contributed by atoms with Crippen LogP contribution in [0, 0.1) is 0 Å². The lowest BCUT2D eigenvalue weighted by atomic mass is 10.1. The summed E-state index contributed by atoms with van der Waals surface area (Å²) in [5.74, 6) is 0.0279.